The van der Waals surface area contributed by atoms with Crippen molar-refractivity contribution in [2.75, 3.05) is 0 Å². The highest BCUT2D eigenvalue weighted by Gasteiger charge is 2.59. The molecule has 0 saturated carbocycles. The summed E-state index contributed by atoms with van der Waals surface area (Å²) in [7, 11) is 0. The molecular formula is C19H26N4O2. The van der Waals surface area contributed by atoms with Crippen molar-refractivity contribution in [3.8, 4) is 11.4 Å². The first-order valence-corrected chi connectivity index (χ1v) is 8.44. The van der Waals surface area contributed by atoms with Gasteiger partial charge in [0.05, 0.1) is 28.2 Å². The molecule has 0 unspecified atom stereocenters. The van der Waals surface area contributed by atoms with Gasteiger partial charge in [0.15, 0.2) is 6.17 Å². The summed E-state index contributed by atoms with van der Waals surface area (Å²) in [5.74, 6) is 0. The van der Waals surface area contributed by atoms with Gasteiger partial charge >= 0.3 is 0 Å². The lowest BCUT2D eigenvalue weighted by Gasteiger charge is -2.37. The van der Waals surface area contributed by atoms with Crippen molar-refractivity contribution in [1.82, 2.24) is 20.1 Å². The molecule has 3 rings (SSSR count). The standard InChI is InChI=1S/C19H26N4O2/c1-12-7-9-14(20-11-12)15-10-8-13(2)16(21-15)17-22(24)18(3,4)19(5,6)23(17)25/h7-11,17,24-25H,1-6H3. The Morgan fingerprint density at radius 2 is 1.44 bits per heavy atom. The zero-order chi connectivity index (χ0) is 18.6. The average molecular weight is 342 g/mol. The van der Waals surface area contributed by atoms with E-state index in [1.165, 1.54) is 10.1 Å². The van der Waals surface area contributed by atoms with E-state index in [4.69, 9.17) is 4.98 Å². The normalized spacial score (nSPS) is 21.0. The SMILES string of the molecule is Cc1ccc(-c2ccc(C)c(C3N(O)C(C)(C)C(C)(C)N3O)n2)nc1. The van der Waals surface area contributed by atoms with Crippen molar-refractivity contribution in [2.45, 2.75) is 58.8 Å². The predicted molar refractivity (Wildman–Crippen MR) is 95.1 cm³/mol. The summed E-state index contributed by atoms with van der Waals surface area (Å²) in [5.41, 5.74) is 2.76. The highest BCUT2D eigenvalue weighted by molar-refractivity contribution is 5.55. The third-order valence-corrected chi connectivity index (χ3v) is 5.66. The third-order valence-electron chi connectivity index (χ3n) is 5.66. The zero-order valence-electron chi connectivity index (χ0n) is 15.6. The van der Waals surface area contributed by atoms with Crippen LogP contribution in [0.4, 0.5) is 0 Å². The van der Waals surface area contributed by atoms with Crippen LogP contribution in [0.25, 0.3) is 11.4 Å². The molecule has 2 aromatic heterocycles. The first-order valence-electron chi connectivity index (χ1n) is 8.44. The maximum Gasteiger partial charge on any atom is 0.153 e. The molecule has 0 aromatic carbocycles. The molecule has 1 fully saturated rings. The summed E-state index contributed by atoms with van der Waals surface area (Å²) in [6, 6.07) is 7.76. The van der Waals surface area contributed by atoms with E-state index in [2.05, 4.69) is 4.98 Å². The molecular weight excluding hydrogens is 316 g/mol. The molecule has 0 radical (unpaired) electrons. The predicted octanol–water partition coefficient (Wildman–Crippen LogP) is 3.71. The van der Waals surface area contributed by atoms with Crippen LogP contribution in [0.5, 0.6) is 0 Å². The second kappa shape index (κ2) is 5.85. The van der Waals surface area contributed by atoms with Gasteiger partial charge in [-0.1, -0.05) is 12.1 Å². The van der Waals surface area contributed by atoms with E-state index in [-0.39, 0.29) is 0 Å². The Balaban J connectivity index is 2.09. The first-order chi connectivity index (χ1) is 11.6. The monoisotopic (exact) mass is 342 g/mol. The number of pyridine rings is 2. The van der Waals surface area contributed by atoms with Crippen molar-refractivity contribution in [3.63, 3.8) is 0 Å². The maximum atomic E-state index is 10.8. The van der Waals surface area contributed by atoms with Crippen LogP contribution in [0, 0.1) is 13.8 Å². The van der Waals surface area contributed by atoms with Crippen molar-refractivity contribution < 1.29 is 10.4 Å². The van der Waals surface area contributed by atoms with Gasteiger partial charge in [-0.3, -0.25) is 4.98 Å². The molecule has 2 N–H and O–H groups in total. The minimum Gasteiger partial charge on any atom is -0.311 e. The van der Waals surface area contributed by atoms with Crippen LogP contribution in [-0.2, 0) is 0 Å². The number of aromatic nitrogens is 2. The molecule has 6 nitrogen and oxygen atoms in total. The van der Waals surface area contributed by atoms with E-state index < -0.39 is 17.2 Å². The lowest BCUT2D eigenvalue weighted by Crippen LogP contribution is -2.52. The van der Waals surface area contributed by atoms with Gasteiger partial charge in [-0.15, -0.1) is 0 Å². The van der Waals surface area contributed by atoms with E-state index in [1.54, 1.807) is 6.20 Å². The Kier molecular flexibility index (Phi) is 4.20. The molecule has 2 aromatic rings. The molecule has 0 spiro atoms. The summed E-state index contributed by atoms with van der Waals surface area (Å²) >= 11 is 0. The Morgan fingerprint density at radius 3 is 1.96 bits per heavy atom. The van der Waals surface area contributed by atoms with Crippen molar-refractivity contribution >= 4 is 0 Å². The Bertz CT molecular complexity index is 767. The average Bonchev–Trinajstić information content (AvgIpc) is 2.67. The van der Waals surface area contributed by atoms with Gasteiger partial charge in [0.1, 0.15) is 0 Å². The first kappa shape index (κ1) is 17.9. The minimum atomic E-state index is -0.740. The zero-order valence-corrected chi connectivity index (χ0v) is 15.6. The second-order valence-electron chi connectivity index (χ2n) is 7.80. The number of rotatable bonds is 2. The van der Waals surface area contributed by atoms with E-state index in [9.17, 15) is 10.4 Å². The second-order valence-corrected chi connectivity index (χ2v) is 7.80. The molecule has 1 aliphatic rings. The number of hydrogen-bond donors (Lipinski definition) is 2. The van der Waals surface area contributed by atoms with E-state index in [1.807, 2.05) is 65.8 Å². The summed E-state index contributed by atoms with van der Waals surface area (Å²) in [6.45, 7) is 11.5. The van der Waals surface area contributed by atoms with Gasteiger partial charge in [0, 0.05) is 6.20 Å². The van der Waals surface area contributed by atoms with Crippen molar-refractivity contribution in [1.29, 1.82) is 0 Å². The topological polar surface area (TPSA) is 72.7 Å². The lowest BCUT2D eigenvalue weighted by molar-refractivity contribution is -0.224. The fourth-order valence-electron chi connectivity index (χ4n) is 3.08. The molecule has 0 atom stereocenters. The van der Waals surface area contributed by atoms with Crippen LogP contribution in [-0.4, -0.2) is 41.6 Å². The number of nitrogens with zero attached hydrogens (tertiary/aromatic N) is 4. The molecule has 6 heteroatoms. The summed E-state index contributed by atoms with van der Waals surface area (Å²) in [6.07, 6.45) is 1.06. The fraction of sp³-hybridized carbons (Fsp3) is 0.474. The lowest BCUT2D eigenvalue weighted by atomic mass is 9.84. The van der Waals surface area contributed by atoms with Crippen molar-refractivity contribution in [3.05, 3.63) is 47.3 Å². The highest BCUT2D eigenvalue weighted by atomic mass is 16.6. The molecule has 0 bridgehead atoms. The number of hydrogen-bond acceptors (Lipinski definition) is 6. The van der Waals surface area contributed by atoms with Crippen LogP contribution in [0.1, 0.15) is 50.7 Å². The van der Waals surface area contributed by atoms with E-state index in [0.717, 1.165) is 16.8 Å². The summed E-state index contributed by atoms with van der Waals surface area (Å²) in [4.78, 5) is 9.15. The van der Waals surface area contributed by atoms with Gasteiger partial charge in [0.2, 0.25) is 0 Å². The van der Waals surface area contributed by atoms with Gasteiger partial charge in [-0.25, -0.2) is 4.98 Å². The molecule has 25 heavy (non-hydrogen) atoms. The number of hydroxylamine groups is 4. The van der Waals surface area contributed by atoms with E-state index >= 15 is 0 Å². The Hall–Kier alpha value is -1.86. The Morgan fingerprint density at radius 1 is 0.880 bits per heavy atom. The fourth-order valence-corrected chi connectivity index (χ4v) is 3.08. The smallest absolute Gasteiger partial charge is 0.153 e. The molecule has 3 heterocycles. The minimum absolute atomic E-state index is 0.614. The highest BCUT2D eigenvalue weighted by Crippen LogP contribution is 2.47. The largest absolute Gasteiger partial charge is 0.311 e. The maximum absolute atomic E-state index is 10.8. The van der Waals surface area contributed by atoms with Gasteiger partial charge in [-0.05, 0) is 64.8 Å². The van der Waals surface area contributed by atoms with Crippen LogP contribution >= 0.6 is 0 Å². The van der Waals surface area contributed by atoms with Crippen LogP contribution in [0.15, 0.2) is 30.5 Å². The summed E-state index contributed by atoms with van der Waals surface area (Å²) in [5, 5.41) is 23.9. The number of aryl methyl sites for hydroxylation is 2. The third kappa shape index (κ3) is 2.66. The molecule has 0 amide bonds. The van der Waals surface area contributed by atoms with E-state index in [0.29, 0.717) is 11.4 Å². The molecule has 1 aliphatic heterocycles. The molecule has 1 saturated heterocycles. The van der Waals surface area contributed by atoms with Crippen LogP contribution in [0.2, 0.25) is 0 Å². The summed E-state index contributed by atoms with van der Waals surface area (Å²) < 4.78 is 0. The van der Waals surface area contributed by atoms with Crippen LogP contribution < -0.4 is 0 Å². The van der Waals surface area contributed by atoms with Crippen LogP contribution in [0.3, 0.4) is 0 Å². The van der Waals surface area contributed by atoms with Gasteiger partial charge < -0.3 is 10.4 Å². The molecule has 134 valence electrons. The van der Waals surface area contributed by atoms with Gasteiger partial charge in [0.25, 0.3) is 0 Å². The van der Waals surface area contributed by atoms with Crippen molar-refractivity contribution in [2.24, 2.45) is 0 Å². The quantitative estimate of drug-likeness (QED) is 0.867. The molecule has 0 aliphatic carbocycles. The Labute approximate surface area is 148 Å². The van der Waals surface area contributed by atoms with Gasteiger partial charge in [-0.2, -0.15) is 10.1 Å².